The van der Waals surface area contributed by atoms with Crippen LogP contribution in [0.1, 0.15) is 41.1 Å². The fourth-order valence-electron chi connectivity index (χ4n) is 2.94. The number of nitrogens with two attached hydrogens (primary N) is 1. The summed E-state index contributed by atoms with van der Waals surface area (Å²) in [6.07, 6.45) is 3.16. The smallest absolute Gasteiger partial charge is 0.255 e. The molecule has 1 aromatic carbocycles. The summed E-state index contributed by atoms with van der Waals surface area (Å²) in [5, 5.41) is 3.61. The molecule has 4 heteroatoms. The third kappa shape index (κ3) is 2.56. The lowest BCUT2D eigenvalue weighted by Crippen LogP contribution is -2.30. The highest BCUT2D eigenvalue weighted by Gasteiger charge is 2.26. The van der Waals surface area contributed by atoms with Gasteiger partial charge in [0.05, 0.1) is 10.6 Å². The molecule has 2 aromatic rings. The van der Waals surface area contributed by atoms with Crippen molar-refractivity contribution in [2.45, 2.75) is 39.2 Å². The Hall–Kier alpha value is -1.81. The highest BCUT2D eigenvalue weighted by molar-refractivity contribution is 7.17. The summed E-state index contributed by atoms with van der Waals surface area (Å²) in [5.74, 6) is -0.0586. The number of carbonyl (C=O) groups excluding carboxylic acids is 1. The molecule has 0 bridgehead atoms. The highest BCUT2D eigenvalue weighted by Crippen LogP contribution is 2.42. The van der Waals surface area contributed by atoms with Crippen LogP contribution in [-0.2, 0) is 12.8 Å². The van der Waals surface area contributed by atoms with Gasteiger partial charge in [0.1, 0.15) is 0 Å². The Bertz CT molecular complexity index is 688. The molecule has 3 nitrogen and oxygen atoms in total. The standard InChI is InChI=1S/C17H20N2OS/c1-10(2)19-17(20)15-14-12-8-4-3-6-11(12)7-5-9-13(14)21-16(15)18/h3-4,6,8,10H,5,7,9,18H2,1-2H3,(H,19,20). The first-order chi connectivity index (χ1) is 10.1. The molecule has 0 saturated carbocycles. The maximum absolute atomic E-state index is 12.5. The molecule has 3 N–H and O–H groups in total. The summed E-state index contributed by atoms with van der Waals surface area (Å²) in [6.45, 7) is 3.93. The van der Waals surface area contributed by atoms with E-state index in [0.717, 1.165) is 24.8 Å². The van der Waals surface area contributed by atoms with Gasteiger partial charge in [-0.1, -0.05) is 24.3 Å². The second-order valence-corrected chi connectivity index (χ2v) is 6.92. The quantitative estimate of drug-likeness (QED) is 0.890. The number of aryl methyl sites for hydroxylation is 2. The number of anilines is 1. The Labute approximate surface area is 129 Å². The van der Waals surface area contributed by atoms with Crippen molar-refractivity contribution >= 4 is 22.2 Å². The Morgan fingerprint density at radius 1 is 1.29 bits per heavy atom. The number of thiophene rings is 1. The topological polar surface area (TPSA) is 55.1 Å². The third-order valence-corrected chi connectivity index (χ3v) is 4.87. The van der Waals surface area contributed by atoms with E-state index < -0.39 is 0 Å². The number of carbonyl (C=O) groups is 1. The molecule has 1 aromatic heterocycles. The summed E-state index contributed by atoms with van der Waals surface area (Å²) in [6, 6.07) is 8.47. The van der Waals surface area contributed by atoms with E-state index in [1.807, 2.05) is 19.9 Å². The summed E-state index contributed by atoms with van der Waals surface area (Å²) in [7, 11) is 0. The van der Waals surface area contributed by atoms with Gasteiger partial charge in [0, 0.05) is 16.5 Å². The van der Waals surface area contributed by atoms with E-state index in [9.17, 15) is 4.79 Å². The van der Waals surface area contributed by atoms with E-state index >= 15 is 0 Å². The Morgan fingerprint density at radius 2 is 2.05 bits per heavy atom. The van der Waals surface area contributed by atoms with Crippen LogP contribution in [0.3, 0.4) is 0 Å². The number of hydrogen-bond acceptors (Lipinski definition) is 3. The molecular formula is C17H20N2OS. The first-order valence-corrected chi connectivity index (χ1v) is 8.20. The summed E-state index contributed by atoms with van der Waals surface area (Å²) >= 11 is 1.57. The predicted molar refractivity (Wildman–Crippen MR) is 88.8 cm³/mol. The van der Waals surface area contributed by atoms with Gasteiger partial charge in [0.25, 0.3) is 5.91 Å². The Balaban J connectivity index is 2.18. The van der Waals surface area contributed by atoms with Gasteiger partial charge in [0.15, 0.2) is 0 Å². The van der Waals surface area contributed by atoms with E-state index in [1.165, 1.54) is 16.0 Å². The minimum absolute atomic E-state index is 0.0586. The van der Waals surface area contributed by atoms with Crippen molar-refractivity contribution in [1.82, 2.24) is 5.32 Å². The maximum Gasteiger partial charge on any atom is 0.255 e. The van der Waals surface area contributed by atoms with E-state index in [2.05, 4.69) is 23.5 Å². The van der Waals surface area contributed by atoms with E-state index in [0.29, 0.717) is 10.6 Å². The number of benzene rings is 1. The molecule has 0 unspecified atom stereocenters. The van der Waals surface area contributed by atoms with Crippen LogP contribution in [0.15, 0.2) is 24.3 Å². The minimum Gasteiger partial charge on any atom is -0.390 e. The second kappa shape index (κ2) is 5.53. The highest BCUT2D eigenvalue weighted by atomic mass is 32.1. The van der Waals surface area contributed by atoms with Crippen molar-refractivity contribution in [1.29, 1.82) is 0 Å². The Kier molecular flexibility index (Phi) is 3.72. The fraction of sp³-hybridized carbons (Fsp3) is 0.353. The lowest BCUT2D eigenvalue weighted by Gasteiger charge is -2.12. The van der Waals surface area contributed by atoms with Gasteiger partial charge < -0.3 is 11.1 Å². The summed E-state index contributed by atoms with van der Waals surface area (Å²) < 4.78 is 0. The van der Waals surface area contributed by atoms with Crippen LogP contribution in [0.4, 0.5) is 5.00 Å². The monoisotopic (exact) mass is 300 g/mol. The van der Waals surface area contributed by atoms with Crippen molar-refractivity contribution in [3.8, 4) is 11.1 Å². The first-order valence-electron chi connectivity index (χ1n) is 7.38. The molecule has 0 spiro atoms. The molecule has 0 radical (unpaired) electrons. The second-order valence-electron chi connectivity index (χ2n) is 5.78. The van der Waals surface area contributed by atoms with Gasteiger partial charge in [0.2, 0.25) is 0 Å². The van der Waals surface area contributed by atoms with Crippen LogP contribution >= 0.6 is 11.3 Å². The number of rotatable bonds is 2. The molecular weight excluding hydrogens is 280 g/mol. The van der Waals surface area contributed by atoms with Crippen LogP contribution in [0, 0.1) is 0 Å². The lowest BCUT2D eigenvalue weighted by molar-refractivity contribution is 0.0945. The van der Waals surface area contributed by atoms with Crippen LogP contribution in [0.5, 0.6) is 0 Å². The number of nitrogens with one attached hydrogen (secondary N) is 1. The average Bonchev–Trinajstić information content (AvgIpc) is 2.65. The van der Waals surface area contributed by atoms with Crippen LogP contribution in [-0.4, -0.2) is 11.9 Å². The van der Waals surface area contributed by atoms with Gasteiger partial charge in [-0.15, -0.1) is 11.3 Å². The SMILES string of the molecule is CC(C)NC(=O)c1c(N)sc2c1-c1ccccc1CCC2. The summed E-state index contributed by atoms with van der Waals surface area (Å²) in [4.78, 5) is 13.8. The van der Waals surface area contributed by atoms with Gasteiger partial charge in [-0.2, -0.15) is 0 Å². The Morgan fingerprint density at radius 3 is 2.81 bits per heavy atom. The minimum atomic E-state index is -0.0586. The van der Waals surface area contributed by atoms with E-state index in [4.69, 9.17) is 5.73 Å². The van der Waals surface area contributed by atoms with E-state index in [1.54, 1.807) is 11.3 Å². The molecule has 1 aliphatic rings. The van der Waals surface area contributed by atoms with Crippen LogP contribution in [0.2, 0.25) is 0 Å². The first kappa shape index (κ1) is 14.1. The van der Waals surface area contributed by atoms with Gasteiger partial charge in [-0.25, -0.2) is 0 Å². The average molecular weight is 300 g/mol. The number of fused-ring (bicyclic) bond motifs is 3. The largest absolute Gasteiger partial charge is 0.390 e. The molecule has 110 valence electrons. The fourth-order valence-corrected chi connectivity index (χ4v) is 4.06. The summed E-state index contributed by atoms with van der Waals surface area (Å²) in [5.41, 5.74) is 10.4. The molecule has 0 aliphatic heterocycles. The molecule has 1 heterocycles. The van der Waals surface area contributed by atoms with Gasteiger partial charge in [-0.3, -0.25) is 4.79 Å². The zero-order valence-corrected chi connectivity index (χ0v) is 13.2. The number of amides is 1. The third-order valence-electron chi connectivity index (χ3n) is 3.79. The van der Waals surface area contributed by atoms with Crippen molar-refractivity contribution in [2.24, 2.45) is 0 Å². The zero-order chi connectivity index (χ0) is 15.0. The van der Waals surface area contributed by atoms with Gasteiger partial charge in [-0.05, 0) is 44.2 Å². The molecule has 1 aliphatic carbocycles. The molecule has 0 saturated heterocycles. The number of nitrogen functional groups attached to an aromatic ring is 1. The molecule has 0 atom stereocenters. The zero-order valence-electron chi connectivity index (χ0n) is 12.4. The molecule has 21 heavy (non-hydrogen) atoms. The lowest BCUT2D eigenvalue weighted by atomic mass is 9.96. The van der Waals surface area contributed by atoms with Crippen LogP contribution < -0.4 is 11.1 Å². The molecule has 0 fully saturated rings. The maximum atomic E-state index is 12.5. The van der Waals surface area contributed by atoms with Crippen LogP contribution in [0.25, 0.3) is 11.1 Å². The number of hydrogen-bond donors (Lipinski definition) is 2. The normalized spacial score (nSPS) is 13.5. The van der Waals surface area contributed by atoms with Gasteiger partial charge >= 0.3 is 0 Å². The van der Waals surface area contributed by atoms with E-state index in [-0.39, 0.29) is 11.9 Å². The molecule has 3 rings (SSSR count). The van der Waals surface area contributed by atoms with Crippen molar-refractivity contribution in [3.05, 3.63) is 40.3 Å². The van der Waals surface area contributed by atoms with Crippen molar-refractivity contribution < 1.29 is 4.79 Å². The predicted octanol–water partition coefficient (Wildman–Crippen LogP) is 3.62. The van der Waals surface area contributed by atoms with Crippen molar-refractivity contribution in [2.75, 3.05) is 5.73 Å². The van der Waals surface area contributed by atoms with Crippen molar-refractivity contribution in [3.63, 3.8) is 0 Å². The molecule has 1 amide bonds.